The fourth-order valence-electron chi connectivity index (χ4n) is 0.855. The van der Waals surface area contributed by atoms with Crippen molar-refractivity contribution in [3.63, 3.8) is 0 Å². The zero-order valence-corrected chi connectivity index (χ0v) is 6.47. The fraction of sp³-hybridized carbons (Fsp3) is 0.167. The first-order valence-electron chi connectivity index (χ1n) is 3.41. The number of nitrogens with one attached hydrogen (secondary N) is 1. The van der Waals surface area contributed by atoms with Crippen LogP contribution >= 0.6 is 0 Å². The van der Waals surface area contributed by atoms with Crippen LogP contribution in [0.2, 0.25) is 0 Å². The molecule has 0 fully saturated rings. The molecule has 0 spiro atoms. The second-order valence-corrected chi connectivity index (χ2v) is 2.25. The standard InChI is InChI=1S/C6H7N6/c1-12-5(2-3-9-12)10-6-7-4-8-11-6/h2-4H,1H3,(H,10,11). The number of hydrogen-bond acceptors (Lipinski definition) is 4. The highest BCUT2D eigenvalue weighted by Crippen LogP contribution is 2.03. The highest BCUT2D eigenvalue weighted by Gasteiger charge is 2.05. The summed E-state index contributed by atoms with van der Waals surface area (Å²) in [6, 6.07) is 1.83. The van der Waals surface area contributed by atoms with E-state index in [4.69, 9.17) is 0 Å². The molecule has 6 nitrogen and oxygen atoms in total. The minimum Gasteiger partial charge on any atom is -0.308 e. The van der Waals surface area contributed by atoms with Gasteiger partial charge in [0.2, 0.25) is 5.96 Å². The van der Waals surface area contributed by atoms with Gasteiger partial charge >= 0.3 is 0 Å². The van der Waals surface area contributed by atoms with Crippen molar-refractivity contribution in [3.05, 3.63) is 12.3 Å². The fourth-order valence-corrected chi connectivity index (χ4v) is 0.855. The van der Waals surface area contributed by atoms with Crippen LogP contribution < -0.4 is 10.6 Å². The van der Waals surface area contributed by atoms with Crippen LogP contribution in [-0.4, -0.2) is 22.1 Å². The summed E-state index contributed by atoms with van der Waals surface area (Å²) >= 11 is 0. The van der Waals surface area contributed by atoms with E-state index in [1.807, 2.05) is 13.1 Å². The first-order valence-corrected chi connectivity index (χ1v) is 3.41. The molecule has 6 heteroatoms. The number of aromatic nitrogens is 2. The highest BCUT2D eigenvalue weighted by molar-refractivity contribution is 6.01. The minimum absolute atomic E-state index is 0.485. The van der Waals surface area contributed by atoms with Gasteiger partial charge in [0, 0.05) is 13.1 Å². The average molecular weight is 163 g/mol. The summed E-state index contributed by atoms with van der Waals surface area (Å²) in [7, 11) is 1.83. The van der Waals surface area contributed by atoms with Crippen LogP contribution in [0.15, 0.2) is 22.5 Å². The van der Waals surface area contributed by atoms with Crippen LogP contribution in [0.25, 0.3) is 0 Å². The van der Waals surface area contributed by atoms with Gasteiger partial charge in [0.25, 0.3) is 0 Å². The number of hydrogen-bond donors (Lipinski definition) is 1. The first kappa shape index (κ1) is 6.84. The van der Waals surface area contributed by atoms with Crippen LogP contribution in [0.4, 0.5) is 5.82 Å². The van der Waals surface area contributed by atoms with Gasteiger partial charge in [-0.1, -0.05) is 0 Å². The maximum absolute atomic E-state index is 3.98. The van der Waals surface area contributed by atoms with E-state index < -0.39 is 0 Å². The van der Waals surface area contributed by atoms with Gasteiger partial charge in [-0.15, -0.1) is 10.2 Å². The van der Waals surface area contributed by atoms with Crippen molar-refractivity contribution >= 4 is 18.1 Å². The Balaban J connectivity index is 2.09. The second-order valence-electron chi connectivity index (χ2n) is 2.25. The van der Waals surface area contributed by atoms with Crippen molar-refractivity contribution < 1.29 is 0 Å². The largest absolute Gasteiger partial charge is 0.308 e. The van der Waals surface area contributed by atoms with Gasteiger partial charge in [-0.25, -0.2) is 0 Å². The average Bonchev–Trinajstić information content (AvgIpc) is 2.65. The monoisotopic (exact) mass is 163 g/mol. The van der Waals surface area contributed by atoms with Crippen LogP contribution in [0.5, 0.6) is 0 Å². The van der Waals surface area contributed by atoms with Gasteiger partial charge in [0.05, 0.1) is 6.20 Å². The first-order chi connectivity index (χ1) is 5.86. The Kier molecular flexibility index (Phi) is 1.51. The number of guanidine groups is 1. The van der Waals surface area contributed by atoms with Crippen LogP contribution in [0, 0.1) is 0 Å². The minimum atomic E-state index is 0.485. The Hall–Kier alpha value is -1.85. The van der Waals surface area contributed by atoms with E-state index in [1.165, 1.54) is 6.34 Å². The maximum Gasteiger partial charge on any atom is 0.249 e. The third-order valence-electron chi connectivity index (χ3n) is 1.44. The molecule has 1 radical (unpaired) electrons. The molecule has 1 aromatic heterocycles. The molecule has 2 rings (SSSR count). The van der Waals surface area contributed by atoms with E-state index in [0.29, 0.717) is 5.96 Å². The number of aryl methyl sites for hydroxylation is 1. The van der Waals surface area contributed by atoms with Gasteiger partial charge in [-0.3, -0.25) is 4.68 Å². The van der Waals surface area contributed by atoms with E-state index in [-0.39, 0.29) is 0 Å². The predicted molar refractivity (Wildman–Crippen MR) is 44.9 cm³/mol. The van der Waals surface area contributed by atoms with Crippen LogP contribution in [-0.2, 0) is 7.05 Å². The zero-order chi connectivity index (χ0) is 8.39. The summed E-state index contributed by atoms with van der Waals surface area (Å²) in [4.78, 5) is 0. The van der Waals surface area contributed by atoms with Gasteiger partial charge in [0.1, 0.15) is 12.2 Å². The second kappa shape index (κ2) is 2.65. The van der Waals surface area contributed by atoms with E-state index >= 15 is 0 Å². The van der Waals surface area contributed by atoms with E-state index in [1.54, 1.807) is 10.9 Å². The van der Waals surface area contributed by atoms with Gasteiger partial charge < -0.3 is 5.32 Å². The normalized spacial score (nSPS) is 14.2. The molecule has 0 unspecified atom stereocenters. The Labute approximate surface area is 69.0 Å². The Morgan fingerprint density at radius 2 is 2.42 bits per heavy atom. The number of anilines is 1. The molecular formula is C6H7N6. The van der Waals surface area contributed by atoms with Crippen molar-refractivity contribution in [1.29, 1.82) is 0 Å². The smallest absolute Gasteiger partial charge is 0.249 e. The molecule has 2 heterocycles. The van der Waals surface area contributed by atoms with Crippen molar-refractivity contribution in [1.82, 2.24) is 15.1 Å². The molecule has 1 aliphatic heterocycles. The molecule has 12 heavy (non-hydrogen) atoms. The molecule has 0 atom stereocenters. The molecule has 0 saturated heterocycles. The summed E-state index contributed by atoms with van der Waals surface area (Å²) in [5, 5.41) is 18.1. The molecule has 0 bridgehead atoms. The third-order valence-corrected chi connectivity index (χ3v) is 1.44. The SMILES string of the molecule is Cn1nccc1NC1=NN=C[N]1. The molecule has 0 saturated carbocycles. The van der Waals surface area contributed by atoms with Crippen molar-refractivity contribution in [2.24, 2.45) is 17.3 Å². The lowest BCUT2D eigenvalue weighted by Gasteiger charge is -2.02. The lowest BCUT2D eigenvalue weighted by Crippen LogP contribution is -2.21. The quantitative estimate of drug-likeness (QED) is 0.620. The Morgan fingerprint density at radius 3 is 3.00 bits per heavy atom. The number of nitrogens with zero attached hydrogens (tertiary/aromatic N) is 5. The van der Waals surface area contributed by atoms with E-state index in [2.05, 4.69) is 25.9 Å². The van der Waals surface area contributed by atoms with Crippen molar-refractivity contribution in [2.45, 2.75) is 0 Å². The Bertz CT molecular complexity index is 336. The molecule has 0 aliphatic carbocycles. The molecule has 1 N–H and O–H groups in total. The molecule has 0 amide bonds. The predicted octanol–water partition coefficient (Wildman–Crippen LogP) is -0.251. The molecule has 1 aromatic rings. The van der Waals surface area contributed by atoms with Crippen molar-refractivity contribution in [3.8, 4) is 0 Å². The van der Waals surface area contributed by atoms with Crippen LogP contribution in [0.1, 0.15) is 0 Å². The third kappa shape index (κ3) is 1.14. The summed E-state index contributed by atoms with van der Waals surface area (Å²) in [5.74, 6) is 1.32. The van der Waals surface area contributed by atoms with Crippen LogP contribution in [0.3, 0.4) is 0 Å². The Morgan fingerprint density at radius 1 is 1.50 bits per heavy atom. The van der Waals surface area contributed by atoms with Gasteiger partial charge in [0.15, 0.2) is 0 Å². The topological polar surface area (TPSA) is 68.7 Å². The van der Waals surface area contributed by atoms with E-state index in [9.17, 15) is 0 Å². The lowest BCUT2D eigenvalue weighted by molar-refractivity contribution is 0.777. The van der Waals surface area contributed by atoms with Gasteiger partial charge in [-0.05, 0) is 0 Å². The van der Waals surface area contributed by atoms with Gasteiger partial charge in [-0.2, -0.15) is 10.4 Å². The molecule has 1 aliphatic rings. The molecule has 0 aromatic carbocycles. The highest BCUT2D eigenvalue weighted by atomic mass is 15.4. The summed E-state index contributed by atoms with van der Waals surface area (Å²) in [6.07, 6.45) is 3.08. The lowest BCUT2D eigenvalue weighted by atomic mass is 10.6. The zero-order valence-electron chi connectivity index (χ0n) is 6.47. The van der Waals surface area contributed by atoms with Crippen molar-refractivity contribution in [2.75, 3.05) is 5.32 Å². The summed E-state index contributed by atoms with van der Waals surface area (Å²) in [5.41, 5.74) is 0. The number of rotatable bonds is 1. The summed E-state index contributed by atoms with van der Waals surface area (Å²) in [6.45, 7) is 0. The maximum atomic E-state index is 3.98. The summed E-state index contributed by atoms with van der Waals surface area (Å²) < 4.78 is 1.69. The molecule has 61 valence electrons. The molecular weight excluding hydrogens is 156 g/mol. The van der Waals surface area contributed by atoms with E-state index in [0.717, 1.165) is 5.82 Å².